The van der Waals surface area contributed by atoms with Gasteiger partial charge in [-0.15, -0.1) is 0 Å². The number of aromatic amines is 1. The van der Waals surface area contributed by atoms with Crippen molar-refractivity contribution in [3.05, 3.63) is 53.9 Å². The Kier molecular flexibility index (Phi) is 5.43. The molecule has 0 radical (unpaired) electrons. The molecule has 7 nitrogen and oxygen atoms in total. The summed E-state index contributed by atoms with van der Waals surface area (Å²) in [5.74, 6) is 1.64. The first-order valence-corrected chi connectivity index (χ1v) is 9.50. The van der Waals surface area contributed by atoms with Gasteiger partial charge >= 0.3 is 6.03 Å². The fourth-order valence-corrected chi connectivity index (χ4v) is 3.25. The van der Waals surface area contributed by atoms with Crippen molar-refractivity contribution in [1.29, 1.82) is 0 Å². The van der Waals surface area contributed by atoms with Gasteiger partial charge < -0.3 is 25.1 Å². The van der Waals surface area contributed by atoms with E-state index in [-0.39, 0.29) is 12.1 Å². The van der Waals surface area contributed by atoms with Crippen LogP contribution in [-0.2, 0) is 11.3 Å². The highest BCUT2D eigenvalue weighted by Crippen LogP contribution is 2.18. The van der Waals surface area contributed by atoms with E-state index in [1.807, 2.05) is 49.4 Å². The lowest BCUT2D eigenvalue weighted by Gasteiger charge is -2.12. The Morgan fingerprint density at radius 1 is 1.29 bits per heavy atom. The van der Waals surface area contributed by atoms with Crippen molar-refractivity contribution in [2.24, 2.45) is 0 Å². The number of imidazole rings is 1. The molecule has 1 aliphatic heterocycles. The minimum absolute atomic E-state index is 0.188. The molecule has 1 atom stereocenters. The number of ether oxygens (including phenoxy) is 2. The Balaban J connectivity index is 1.25. The van der Waals surface area contributed by atoms with Crippen molar-refractivity contribution in [3.8, 4) is 5.75 Å². The standard InChI is InChI=1S/C21H24N4O3/c1-14-23-19-9-4-15(11-20(19)24-14)12-22-21(26)25-16-5-7-17(8-6-16)28-13-18-3-2-10-27-18/h4-9,11,18H,2-3,10,12-13H2,1H3,(H,23,24)(H2,22,25,26)/t18-/m0/s1. The average Bonchev–Trinajstić information content (AvgIpc) is 3.34. The number of nitrogens with one attached hydrogen (secondary N) is 3. The third-order valence-corrected chi connectivity index (χ3v) is 4.69. The Morgan fingerprint density at radius 2 is 2.14 bits per heavy atom. The van der Waals surface area contributed by atoms with Crippen molar-refractivity contribution in [2.75, 3.05) is 18.5 Å². The molecule has 28 heavy (non-hydrogen) atoms. The predicted octanol–water partition coefficient (Wildman–Crippen LogP) is 3.75. The first-order chi connectivity index (χ1) is 13.7. The Hall–Kier alpha value is -3.06. The third-order valence-electron chi connectivity index (χ3n) is 4.69. The van der Waals surface area contributed by atoms with Crippen LogP contribution in [0.3, 0.4) is 0 Å². The molecule has 3 N–H and O–H groups in total. The summed E-state index contributed by atoms with van der Waals surface area (Å²) >= 11 is 0. The Bertz CT molecular complexity index is 946. The van der Waals surface area contributed by atoms with Crippen molar-refractivity contribution in [3.63, 3.8) is 0 Å². The maximum Gasteiger partial charge on any atom is 0.319 e. The molecular weight excluding hydrogens is 356 g/mol. The zero-order valence-electron chi connectivity index (χ0n) is 15.8. The van der Waals surface area contributed by atoms with E-state index in [0.717, 1.165) is 47.6 Å². The summed E-state index contributed by atoms with van der Waals surface area (Å²) in [5, 5.41) is 5.69. The molecule has 2 heterocycles. The lowest BCUT2D eigenvalue weighted by molar-refractivity contribution is 0.0679. The fourth-order valence-electron chi connectivity index (χ4n) is 3.25. The highest BCUT2D eigenvalue weighted by molar-refractivity contribution is 5.89. The molecule has 0 aliphatic carbocycles. The molecule has 1 saturated heterocycles. The Labute approximate surface area is 163 Å². The molecule has 4 rings (SSSR count). The summed E-state index contributed by atoms with van der Waals surface area (Å²) in [4.78, 5) is 19.7. The number of hydrogen-bond donors (Lipinski definition) is 3. The number of fused-ring (bicyclic) bond motifs is 1. The second-order valence-electron chi connectivity index (χ2n) is 6.95. The van der Waals surface area contributed by atoms with Crippen LogP contribution in [0.4, 0.5) is 10.5 Å². The number of rotatable bonds is 6. The lowest BCUT2D eigenvalue weighted by atomic mass is 10.2. The number of aromatic nitrogens is 2. The van der Waals surface area contributed by atoms with E-state index in [0.29, 0.717) is 18.8 Å². The van der Waals surface area contributed by atoms with E-state index in [1.54, 1.807) is 0 Å². The molecule has 1 aliphatic rings. The normalized spacial score (nSPS) is 16.2. The molecule has 146 valence electrons. The van der Waals surface area contributed by atoms with Gasteiger partial charge in [-0.1, -0.05) is 6.07 Å². The maximum atomic E-state index is 12.1. The SMILES string of the molecule is Cc1nc2ccc(CNC(=O)Nc3ccc(OC[C@@H]4CCCO4)cc3)cc2[nH]1. The molecule has 2 amide bonds. The van der Waals surface area contributed by atoms with Crippen LogP contribution in [0.15, 0.2) is 42.5 Å². The molecular formula is C21H24N4O3. The van der Waals surface area contributed by atoms with Gasteiger partial charge in [0.1, 0.15) is 18.2 Å². The number of nitrogens with zero attached hydrogens (tertiary/aromatic N) is 1. The van der Waals surface area contributed by atoms with Crippen molar-refractivity contribution in [1.82, 2.24) is 15.3 Å². The van der Waals surface area contributed by atoms with Gasteiger partial charge in [0.05, 0.1) is 17.1 Å². The number of urea groups is 1. The number of carbonyl (C=O) groups excluding carboxylic acids is 1. The second kappa shape index (κ2) is 8.31. The number of carbonyl (C=O) groups is 1. The number of H-pyrrole nitrogens is 1. The van der Waals surface area contributed by atoms with Crippen LogP contribution in [-0.4, -0.2) is 35.3 Å². The molecule has 3 aromatic rings. The van der Waals surface area contributed by atoms with Crippen LogP contribution in [0.5, 0.6) is 5.75 Å². The number of benzene rings is 2. The second-order valence-corrected chi connectivity index (χ2v) is 6.95. The Morgan fingerprint density at radius 3 is 2.93 bits per heavy atom. The van der Waals surface area contributed by atoms with Gasteiger partial charge in [0.2, 0.25) is 0 Å². The third kappa shape index (κ3) is 4.61. The minimum atomic E-state index is -0.256. The first kappa shape index (κ1) is 18.3. The van der Waals surface area contributed by atoms with Crippen LogP contribution in [0.2, 0.25) is 0 Å². The van der Waals surface area contributed by atoms with Gasteiger partial charge in [-0.25, -0.2) is 9.78 Å². The van der Waals surface area contributed by atoms with Gasteiger partial charge in [0, 0.05) is 18.8 Å². The van der Waals surface area contributed by atoms with Crippen LogP contribution in [0, 0.1) is 6.92 Å². The van der Waals surface area contributed by atoms with E-state index in [9.17, 15) is 4.79 Å². The number of anilines is 1. The monoisotopic (exact) mass is 380 g/mol. The molecule has 0 unspecified atom stereocenters. The molecule has 0 bridgehead atoms. The molecule has 7 heteroatoms. The van der Waals surface area contributed by atoms with E-state index in [4.69, 9.17) is 9.47 Å². The number of aryl methyl sites for hydroxylation is 1. The maximum absolute atomic E-state index is 12.1. The van der Waals surface area contributed by atoms with E-state index >= 15 is 0 Å². The summed E-state index contributed by atoms with van der Waals surface area (Å²) < 4.78 is 11.3. The molecule has 0 saturated carbocycles. The molecule has 1 fully saturated rings. The van der Waals surface area contributed by atoms with Crippen molar-refractivity contribution >= 4 is 22.8 Å². The molecule has 1 aromatic heterocycles. The minimum Gasteiger partial charge on any atom is -0.491 e. The van der Waals surface area contributed by atoms with Crippen molar-refractivity contribution < 1.29 is 14.3 Å². The summed E-state index contributed by atoms with van der Waals surface area (Å²) in [5.41, 5.74) is 3.61. The van der Waals surface area contributed by atoms with E-state index in [2.05, 4.69) is 20.6 Å². The van der Waals surface area contributed by atoms with Gasteiger partial charge in [-0.05, 0) is 61.7 Å². The first-order valence-electron chi connectivity index (χ1n) is 9.50. The number of hydrogen-bond acceptors (Lipinski definition) is 4. The fraction of sp³-hybridized carbons (Fsp3) is 0.333. The van der Waals surface area contributed by atoms with Gasteiger partial charge in [0.15, 0.2) is 0 Å². The average molecular weight is 380 g/mol. The van der Waals surface area contributed by atoms with E-state index in [1.165, 1.54) is 0 Å². The van der Waals surface area contributed by atoms with Gasteiger partial charge in [0.25, 0.3) is 0 Å². The summed E-state index contributed by atoms with van der Waals surface area (Å²) in [6.45, 7) is 3.74. The largest absolute Gasteiger partial charge is 0.491 e. The molecule has 2 aromatic carbocycles. The highest BCUT2D eigenvalue weighted by Gasteiger charge is 2.15. The van der Waals surface area contributed by atoms with E-state index < -0.39 is 0 Å². The quantitative estimate of drug-likeness (QED) is 0.608. The molecule has 0 spiro atoms. The summed E-state index contributed by atoms with van der Waals surface area (Å²) in [7, 11) is 0. The van der Waals surface area contributed by atoms with Crippen LogP contribution in [0.1, 0.15) is 24.2 Å². The van der Waals surface area contributed by atoms with Crippen LogP contribution >= 0.6 is 0 Å². The smallest absolute Gasteiger partial charge is 0.319 e. The summed E-state index contributed by atoms with van der Waals surface area (Å²) in [6, 6.07) is 13.0. The zero-order valence-corrected chi connectivity index (χ0v) is 15.8. The summed E-state index contributed by atoms with van der Waals surface area (Å²) in [6.07, 6.45) is 2.34. The topological polar surface area (TPSA) is 88.3 Å². The van der Waals surface area contributed by atoms with Crippen LogP contribution < -0.4 is 15.4 Å². The highest BCUT2D eigenvalue weighted by atomic mass is 16.5. The lowest BCUT2D eigenvalue weighted by Crippen LogP contribution is -2.28. The van der Waals surface area contributed by atoms with Crippen LogP contribution in [0.25, 0.3) is 11.0 Å². The number of amides is 2. The zero-order chi connectivity index (χ0) is 19.3. The van der Waals surface area contributed by atoms with Gasteiger partial charge in [-0.2, -0.15) is 0 Å². The van der Waals surface area contributed by atoms with Crippen molar-refractivity contribution in [2.45, 2.75) is 32.4 Å². The van der Waals surface area contributed by atoms with Gasteiger partial charge in [-0.3, -0.25) is 0 Å². The predicted molar refractivity (Wildman–Crippen MR) is 108 cm³/mol.